The van der Waals surface area contributed by atoms with Crippen LogP contribution in [0.25, 0.3) is 10.8 Å². The van der Waals surface area contributed by atoms with Crippen LogP contribution in [0.2, 0.25) is 0 Å². The number of hydrogen-bond acceptors (Lipinski definition) is 1. The van der Waals surface area contributed by atoms with Gasteiger partial charge in [0.1, 0.15) is 0 Å². The molecular weight excluding hydrogens is 302 g/mol. The second-order valence-electron chi connectivity index (χ2n) is 4.52. The lowest BCUT2D eigenvalue weighted by atomic mass is 10.1. The van der Waals surface area contributed by atoms with Crippen LogP contribution in [-0.4, -0.2) is 4.98 Å². The van der Waals surface area contributed by atoms with Gasteiger partial charge in [0.05, 0.1) is 0 Å². The molecule has 0 bridgehead atoms. The molecule has 0 radical (unpaired) electrons. The van der Waals surface area contributed by atoms with Crippen molar-refractivity contribution in [1.82, 2.24) is 4.98 Å². The van der Waals surface area contributed by atoms with Crippen molar-refractivity contribution in [2.45, 2.75) is 6.42 Å². The van der Waals surface area contributed by atoms with E-state index in [0.717, 1.165) is 27.4 Å². The van der Waals surface area contributed by atoms with Crippen LogP contribution in [0.5, 0.6) is 0 Å². The first-order chi connectivity index (χ1) is 9.22. The summed E-state index contributed by atoms with van der Waals surface area (Å²) in [5.41, 5.74) is 2.07. The fourth-order valence-electron chi connectivity index (χ4n) is 2.23. The molecule has 94 valence electrons. The Bertz CT molecular complexity index is 792. The molecule has 0 fully saturated rings. The van der Waals surface area contributed by atoms with E-state index in [9.17, 15) is 4.79 Å². The van der Waals surface area contributed by atoms with Crippen molar-refractivity contribution < 1.29 is 0 Å². The summed E-state index contributed by atoms with van der Waals surface area (Å²) in [7, 11) is 0. The quantitative estimate of drug-likeness (QED) is 0.765. The van der Waals surface area contributed by atoms with Crippen LogP contribution in [0.15, 0.2) is 63.9 Å². The molecule has 19 heavy (non-hydrogen) atoms. The summed E-state index contributed by atoms with van der Waals surface area (Å²) in [5.74, 6) is 0. The van der Waals surface area contributed by atoms with Gasteiger partial charge in [-0.1, -0.05) is 46.3 Å². The van der Waals surface area contributed by atoms with E-state index in [1.54, 1.807) is 0 Å². The Kier molecular flexibility index (Phi) is 3.22. The molecule has 0 saturated heterocycles. The first-order valence-corrected chi connectivity index (χ1v) is 6.87. The third-order valence-electron chi connectivity index (χ3n) is 3.09. The van der Waals surface area contributed by atoms with Crippen molar-refractivity contribution in [3.05, 3.63) is 80.7 Å². The molecule has 3 rings (SSSR count). The van der Waals surface area contributed by atoms with Crippen molar-refractivity contribution in [3.8, 4) is 0 Å². The lowest BCUT2D eigenvalue weighted by Crippen LogP contribution is -2.09. The first-order valence-electron chi connectivity index (χ1n) is 6.08. The Morgan fingerprint density at radius 2 is 1.84 bits per heavy atom. The molecule has 0 unspecified atom stereocenters. The molecule has 0 saturated carbocycles. The number of aromatic nitrogens is 1. The zero-order chi connectivity index (χ0) is 13.2. The lowest BCUT2D eigenvalue weighted by Gasteiger charge is -2.04. The van der Waals surface area contributed by atoms with E-state index < -0.39 is 0 Å². The van der Waals surface area contributed by atoms with E-state index in [2.05, 4.69) is 33.0 Å². The number of fused-ring (bicyclic) bond motifs is 1. The van der Waals surface area contributed by atoms with E-state index in [1.807, 2.05) is 42.5 Å². The number of rotatable bonds is 2. The van der Waals surface area contributed by atoms with Crippen molar-refractivity contribution in [2.75, 3.05) is 0 Å². The highest BCUT2D eigenvalue weighted by molar-refractivity contribution is 9.10. The summed E-state index contributed by atoms with van der Waals surface area (Å²) >= 11 is 3.46. The normalized spacial score (nSPS) is 10.8. The van der Waals surface area contributed by atoms with Gasteiger partial charge < -0.3 is 4.98 Å². The largest absolute Gasteiger partial charge is 0.325 e. The van der Waals surface area contributed by atoms with Gasteiger partial charge in [-0.25, -0.2) is 0 Å². The van der Waals surface area contributed by atoms with Crippen LogP contribution in [0.1, 0.15) is 11.3 Å². The number of pyridine rings is 1. The smallest absolute Gasteiger partial charge is 0.256 e. The summed E-state index contributed by atoms with van der Waals surface area (Å²) in [6.07, 6.45) is 0.722. The summed E-state index contributed by atoms with van der Waals surface area (Å²) in [6, 6.07) is 17.8. The van der Waals surface area contributed by atoms with Gasteiger partial charge in [0.2, 0.25) is 0 Å². The molecular formula is C16H12BrNO. The summed E-state index contributed by atoms with van der Waals surface area (Å²) in [5, 5.41) is 1.72. The van der Waals surface area contributed by atoms with E-state index in [1.165, 1.54) is 5.56 Å². The minimum Gasteiger partial charge on any atom is -0.325 e. The lowest BCUT2D eigenvalue weighted by molar-refractivity contribution is 1.06. The highest BCUT2D eigenvalue weighted by Crippen LogP contribution is 2.16. The van der Waals surface area contributed by atoms with Crippen molar-refractivity contribution in [3.63, 3.8) is 0 Å². The third-order valence-corrected chi connectivity index (χ3v) is 3.59. The minimum atomic E-state index is -0.0249. The zero-order valence-corrected chi connectivity index (χ0v) is 11.8. The number of nitrogens with one attached hydrogen (secondary N) is 1. The van der Waals surface area contributed by atoms with Crippen LogP contribution >= 0.6 is 15.9 Å². The Balaban J connectivity index is 2.04. The van der Waals surface area contributed by atoms with Crippen LogP contribution < -0.4 is 5.56 Å². The van der Waals surface area contributed by atoms with Crippen LogP contribution in [-0.2, 0) is 6.42 Å². The Labute approximate surface area is 119 Å². The van der Waals surface area contributed by atoms with Crippen molar-refractivity contribution >= 4 is 26.7 Å². The topological polar surface area (TPSA) is 32.9 Å². The molecule has 0 aliphatic heterocycles. The van der Waals surface area contributed by atoms with Crippen LogP contribution in [0, 0.1) is 0 Å². The average molecular weight is 314 g/mol. The zero-order valence-electron chi connectivity index (χ0n) is 10.2. The maximum atomic E-state index is 12.0. The van der Waals surface area contributed by atoms with Gasteiger partial charge in [0.25, 0.3) is 5.56 Å². The highest BCUT2D eigenvalue weighted by Gasteiger charge is 2.02. The van der Waals surface area contributed by atoms with E-state index in [0.29, 0.717) is 0 Å². The molecule has 3 heteroatoms. The molecule has 0 atom stereocenters. The first kappa shape index (κ1) is 12.2. The fraction of sp³-hybridized carbons (Fsp3) is 0.0625. The number of H-pyrrole nitrogens is 1. The molecule has 1 N–H and O–H groups in total. The standard InChI is InChI=1S/C16H12BrNO/c17-13-6-3-4-11(8-13)9-14-10-12-5-1-2-7-15(12)16(19)18-14/h1-8,10H,9H2,(H,18,19). The van der Waals surface area contributed by atoms with Gasteiger partial charge in [0, 0.05) is 22.0 Å². The molecule has 1 heterocycles. The molecule has 2 aromatic carbocycles. The van der Waals surface area contributed by atoms with Gasteiger partial charge in [0.15, 0.2) is 0 Å². The Morgan fingerprint density at radius 1 is 1.00 bits per heavy atom. The second kappa shape index (κ2) is 5.02. The van der Waals surface area contributed by atoms with Gasteiger partial charge in [-0.2, -0.15) is 0 Å². The summed E-state index contributed by atoms with van der Waals surface area (Å²) in [4.78, 5) is 14.9. The molecule has 0 aliphatic carbocycles. The van der Waals surface area contributed by atoms with Crippen LogP contribution in [0.4, 0.5) is 0 Å². The maximum Gasteiger partial charge on any atom is 0.256 e. The van der Waals surface area contributed by atoms with Gasteiger partial charge >= 0.3 is 0 Å². The van der Waals surface area contributed by atoms with E-state index in [4.69, 9.17) is 0 Å². The van der Waals surface area contributed by atoms with Crippen LogP contribution in [0.3, 0.4) is 0 Å². The summed E-state index contributed by atoms with van der Waals surface area (Å²) < 4.78 is 1.05. The summed E-state index contributed by atoms with van der Waals surface area (Å²) in [6.45, 7) is 0. The minimum absolute atomic E-state index is 0.0249. The number of aromatic amines is 1. The molecule has 2 nitrogen and oxygen atoms in total. The number of benzene rings is 2. The molecule has 0 spiro atoms. The third kappa shape index (κ3) is 2.61. The van der Waals surface area contributed by atoms with Gasteiger partial charge in [-0.15, -0.1) is 0 Å². The van der Waals surface area contributed by atoms with E-state index in [-0.39, 0.29) is 5.56 Å². The second-order valence-corrected chi connectivity index (χ2v) is 5.43. The molecule has 3 aromatic rings. The van der Waals surface area contributed by atoms with Gasteiger partial charge in [-0.05, 0) is 35.2 Å². The number of hydrogen-bond donors (Lipinski definition) is 1. The maximum absolute atomic E-state index is 12.0. The molecule has 0 amide bonds. The monoisotopic (exact) mass is 313 g/mol. The molecule has 0 aliphatic rings. The predicted molar refractivity (Wildman–Crippen MR) is 81.5 cm³/mol. The average Bonchev–Trinajstić information content (AvgIpc) is 2.39. The van der Waals surface area contributed by atoms with Crippen molar-refractivity contribution in [2.24, 2.45) is 0 Å². The van der Waals surface area contributed by atoms with E-state index >= 15 is 0 Å². The highest BCUT2D eigenvalue weighted by atomic mass is 79.9. The SMILES string of the molecule is O=c1[nH]c(Cc2cccc(Br)c2)cc2ccccc12. The van der Waals surface area contributed by atoms with Crippen molar-refractivity contribution in [1.29, 1.82) is 0 Å². The Morgan fingerprint density at radius 3 is 2.68 bits per heavy atom. The van der Waals surface area contributed by atoms with Gasteiger partial charge in [-0.3, -0.25) is 4.79 Å². The fourth-order valence-corrected chi connectivity index (χ4v) is 2.68. The number of halogens is 1. The Hall–Kier alpha value is -1.87. The predicted octanol–water partition coefficient (Wildman–Crippen LogP) is 3.88. The molecule has 1 aromatic heterocycles.